The number of carbonyl (C=O) groups is 1. The predicted molar refractivity (Wildman–Crippen MR) is 92.4 cm³/mol. The van der Waals surface area contributed by atoms with E-state index in [1.807, 2.05) is 6.07 Å². The predicted octanol–water partition coefficient (Wildman–Crippen LogP) is 3.98. The molecule has 0 atom stereocenters. The molecule has 0 saturated carbocycles. The number of piperidine rings is 1. The van der Waals surface area contributed by atoms with Gasteiger partial charge in [-0.3, -0.25) is 4.98 Å². The summed E-state index contributed by atoms with van der Waals surface area (Å²) in [6, 6.07) is 8.25. The number of halogens is 1. The molecule has 1 aromatic heterocycles. The fourth-order valence-corrected chi connectivity index (χ4v) is 2.93. The molecule has 1 aliphatic rings. The molecule has 24 heavy (non-hydrogen) atoms. The van der Waals surface area contributed by atoms with E-state index in [9.17, 15) is 9.18 Å². The number of benzene rings is 1. The number of aliphatic carboxylic acids is 1. The Morgan fingerprint density at radius 1 is 1.17 bits per heavy atom. The lowest BCUT2D eigenvalue weighted by molar-refractivity contribution is -0.131. The van der Waals surface area contributed by atoms with Gasteiger partial charge in [0.15, 0.2) is 0 Å². The first kappa shape index (κ1) is 16.2. The van der Waals surface area contributed by atoms with E-state index >= 15 is 0 Å². The minimum absolute atomic E-state index is 0.278. The SMILES string of the molecule is O=C(O)/C=C/c1cnc(-c2ccc(F)cc2)c(N2CCCCC2)c1. The second-order valence-corrected chi connectivity index (χ2v) is 5.86. The van der Waals surface area contributed by atoms with Gasteiger partial charge in [-0.15, -0.1) is 0 Å². The molecule has 4 nitrogen and oxygen atoms in total. The molecule has 1 N–H and O–H groups in total. The van der Waals surface area contributed by atoms with E-state index < -0.39 is 5.97 Å². The Kier molecular flexibility index (Phi) is 4.89. The highest BCUT2D eigenvalue weighted by molar-refractivity contribution is 5.86. The quantitative estimate of drug-likeness (QED) is 0.864. The number of hydrogen-bond donors (Lipinski definition) is 1. The summed E-state index contributed by atoms with van der Waals surface area (Å²) < 4.78 is 13.2. The van der Waals surface area contributed by atoms with Crippen molar-refractivity contribution in [3.63, 3.8) is 0 Å². The maximum Gasteiger partial charge on any atom is 0.328 e. The topological polar surface area (TPSA) is 53.4 Å². The largest absolute Gasteiger partial charge is 0.478 e. The van der Waals surface area contributed by atoms with Crippen LogP contribution in [0.4, 0.5) is 10.1 Å². The minimum atomic E-state index is -0.989. The van der Waals surface area contributed by atoms with Gasteiger partial charge in [0.25, 0.3) is 0 Å². The van der Waals surface area contributed by atoms with E-state index in [2.05, 4.69) is 9.88 Å². The van der Waals surface area contributed by atoms with Crippen molar-refractivity contribution in [2.24, 2.45) is 0 Å². The highest BCUT2D eigenvalue weighted by Gasteiger charge is 2.17. The number of hydrogen-bond acceptors (Lipinski definition) is 3. The van der Waals surface area contributed by atoms with Crippen molar-refractivity contribution in [3.8, 4) is 11.3 Å². The second kappa shape index (κ2) is 7.25. The lowest BCUT2D eigenvalue weighted by Gasteiger charge is -2.30. The van der Waals surface area contributed by atoms with Crippen molar-refractivity contribution < 1.29 is 14.3 Å². The van der Waals surface area contributed by atoms with Crippen LogP contribution in [-0.4, -0.2) is 29.1 Å². The van der Waals surface area contributed by atoms with E-state index in [1.165, 1.54) is 24.6 Å². The molecule has 2 aromatic rings. The molecule has 0 amide bonds. The van der Waals surface area contributed by atoms with Crippen LogP contribution in [0.5, 0.6) is 0 Å². The van der Waals surface area contributed by atoms with Crippen molar-refractivity contribution in [1.82, 2.24) is 4.98 Å². The number of aromatic nitrogens is 1. The van der Waals surface area contributed by atoms with Crippen molar-refractivity contribution in [1.29, 1.82) is 0 Å². The maximum atomic E-state index is 13.2. The molecular weight excluding hydrogens is 307 g/mol. The van der Waals surface area contributed by atoms with Crippen LogP contribution >= 0.6 is 0 Å². The van der Waals surface area contributed by atoms with Crippen LogP contribution in [0, 0.1) is 5.82 Å². The summed E-state index contributed by atoms with van der Waals surface area (Å²) in [5.41, 5.74) is 3.35. The fourth-order valence-electron chi connectivity index (χ4n) is 2.93. The molecule has 0 bridgehead atoms. The van der Waals surface area contributed by atoms with Gasteiger partial charge in [-0.1, -0.05) is 0 Å². The summed E-state index contributed by atoms with van der Waals surface area (Å²) in [5, 5.41) is 8.80. The van der Waals surface area contributed by atoms with Crippen LogP contribution in [0.15, 0.2) is 42.6 Å². The minimum Gasteiger partial charge on any atom is -0.478 e. The average molecular weight is 326 g/mol. The average Bonchev–Trinajstić information content (AvgIpc) is 2.61. The van der Waals surface area contributed by atoms with E-state index in [0.29, 0.717) is 0 Å². The third kappa shape index (κ3) is 3.79. The molecule has 124 valence electrons. The Morgan fingerprint density at radius 3 is 2.54 bits per heavy atom. The summed E-state index contributed by atoms with van der Waals surface area (Å²) in [6.07, 6.45) is 7.75. The van der Waals surface area contributed by atoms with Crippen LogP contribution in [0.3, 0.4) is 0 Å². The van der Waals surface area contributed by atoms with Gasteiger partial charge < -0.3 is 10.0 Å². The van der Waals surface area contributed by atoms with Gasteiger partial charge in [-0.2, -0.15) is 0 Å². The van der Waals surface area contributed by atoms with E-state index in [4.69, 9.17) is 5.11 Å². The molecule has 0 unspecified atom stereocenters. The molecule has 1 aromatic carbocycles. The number of rotatable bonds is 4. The second-order valence-electron chi connectivity index (χ2n) is 5.86. The molecular formula is C19H19FN2O2. The standard InChI is InChI=1S/C19H19FN2O2/c20-16-7-5-15(6-8-16)19-17(22-10-2-1-3-11-22)12-14(13-21-19)4-9-18(23)24/h4-9,12-13H,1-3,10-11H2,(H,23,24)/b9-4+. The first-order chi connectivity index (χ1) is 11.6. The molecule has 1 fully saturated rings. The van der Waals surface area contributed by atoms with Gasteiger partial charge in [0.1, 0.15) is 5.82 Å². The number of carboxylic acids is 1. The van der Waals surface area contributed by atoms with Crippen molar-refractivity contribution in [2.45, 2.75) is 19.3 Å². The lowest BCUT2D eigenvalue weighted by Crippen LogP contribution is -2.30. The molecule has 0 radical (unpaired) electrons. The smallest absolute Gasteiger partial charge is 0.328 e. The highest BCUT2D eigenvalue weighted by Crippen LogP contribution is 2.32. The normalized spacial score (nSPS) is 15.0. The number of pyridine rings is 1. The Hall–Kier alpha value is -2.69. The molecule has 2 heterocycles. The zero-order chi connectivity index (χ0) is 16.9. The van der Waals surface area contributed by atoms with Crippen LogP contribution in [0.2, 0.25) is 0 Å². The molecule has 0 aliphatic carbocycles. The summed E-state index contributed by atoms with van der Waals surface area (Å²) in [4.78, 5) is 17.5. The van der Waals surface area contributed by atoms with Crippen LogP contribution in [0.25, 0.3) is 17.3 Å². The van der Waals surface area contributed by atoms with Crippen LogP contribution in [0.1, 0.15) is 24.8 Å². The van der Waals surface area contributed by atoms with Crippen molar-refractivity contribution in [2.75, 3.05) is 18.0 Å². The molecule has 0 spiro atoms. The van der Waals surface area contributed by atoms with Gasteiger partial charge >= 0.3 is 5.97 Å². The Morgan fingerprint density at radius 2 is 1.88 bits per heavy atom. The summed E-state index contributed by atoms with van der Waals surface area (Å²) in [5.74, 6) is -1.27. The van der Waals surface area contributed by atoms with E-state index in [-0.39, 0.29) is 5.82 Å². The highest BCUT2D eigenvalue weighted by atomic mass is 19.1. The summed E-state index contributed by atoms with van der Waals surface area (Å²) in [6.45, 7) is 1.89. The third-order valence-electron chi connectivity index (χ3n) is 4.12. The molecule has 3 rings (SSSR count). The monoisotopic (exact) mass is 326 g/mol. The van der Waals surface area contributed by atoms with Crippen LogP contribution in [-0.2, 0) is 4.79 Å². The number of carboxylic acid groups (broad SMARTS) is 1. The molecule has 1 aliphatic heterocycles. The van der Waals surface area contributed by atoms with Gasteiger partial charge in [0.05, 0.1) is 11.4 Å². The Bertz CT molecular complexity index is 750. The van der Waals surface area contributed by atoms with E-state index in [0.717, 1.165) is 54.5 Å². The zero-order valence-electron chi connectivity index (χ0n) is 13.3. The Labute approximate surface area is 140 Å². The van der Waals surface area contributed by atoms with Gasteiger partial charge in [-0.25, -0.2) is 9.18 Å². The fraction of sp³-hybridized carbons (Fsp3) is 0.263. The van der Waals surface area contributed by atoms with Gasteiger partial charge in [0.2, 0.25) is 0 Å². The van der Waals surface area contributed by atoms with Crippen molar-refractivity contribution >= 4 is 17.7 Å². The van der Waals surface area contributed by atoms with Gasteiger partial charge in [-0.05, 0) is 61.2 Å². The lowest BCUT2D eigenvalue weighted by atomic mass is 10.0. The summed E-state index contributed by atoms with van der Waals surface area (Å²) in [7, 11) is 0. The first-order valence-electron chi connectivity index (χ1n) is 8.05. The Balaban J connectivity index is 2.02. The molecule has 1 saturated heterocycles. The van der Waals surface area contributed by atoms with Crippen LogP contribution < -0.4 is 4.90 Å². The maximum absolute atomic E-state index is 13.2. The zero-order valence-corrected chi connectivity index (χ0v) is 13.3. The van der Waals surface area contributed by atoms with Gasteiger partial charge in [0, 0.05) is 30.9 Å². The number of anilines is 1. The molecule has 5 heteroatoms. The third-order valence-corrected chi connectivity index (χ3v) is 4.12. The number of nitrogens with zero attached hydrogens (tertiary/aromatic N) is 2. The summed E-state index contributed by atoms with van der Waals surface area (Å²) >= 11 is 0. The van der Waals surface area contributed by atoms with E-state index in [1.54, 1.807) is 18.3 Å². The first-order valence-corrected chi connectivity index (χ1v) is 8.05. The van der Waals surface area contributed by atoms with Crippen molar-refractivity contribution in [3.05, 3.63) is 54.0 Å².